The van der Waals surface area contributed by atoms with Crippen molar-refractivity contribution in [2.45, 2.75) is 51.2 Å². The Morgan fingerprint density at radius 3 is 2.58 bits per heavy atom. The molecule has 3 atom stereocenters. The Kier molecular flexibility index (Phi) is 4.26. The number of benzene rings is 2. The first-order valence-electron chi connectivity index (χ1n) is 9.32. The van der Waals surface area contributed by atoms with E-state index in [-0.39, 0.29) is 23.5 Å². The quantitative estimate of drug-likeness (QED) is 0.686. The van der Waals surface area contributed by atoms with Crippen LogP contribution in [0.5, 0.6) is 0 Å². The van der Waals surface area contributed by atoms with Gasteiger partial charge in [-0.25, -0.2) is 8.78 Å². The van der Waals surface area contributed by atoms with E-state index in [1.807, 2.05) is 0 Å². The van der Waals surface area contributed by atoms with Crippen molar-refractivity contribution in [3.63, 3.8) is 0 Å². The summed E-state index contributed by atoms with van der Waals surface area (Å²) in [5.74, 6) is -1.40. The second-order valence-electron chi connectivity index (χ2n) is 8.45. The fourth-order valence-electron chi connectivity index (χ4n) is 4.17. The van der Waals surface area contributed by atoms with Gasteiger partial charge in [-0.1, -0.05) is 39.0 Å². The molecule has 3 unspecified atom stereocenters. The van der Waals surface area contributed by atoms with Crippen molar-refractivity contribution >= 4 is 5.69 Å². The molecule has 2 aliphatic rings. The van der Waals surface area contributed by atoms with E-state index in [1.165, 1.54) is 23.3 Å². The molecule has 1 fully saturated rings. The Hall–Kier alpha value is -1.94. The lowest BCUT2D eigenvalue weighted by Gasteiger charge is -2.44. The second kappa shape index (κ2) is 6.34. The fraction of sp³-hybridized carbons (Fsp3) is 0.455. The number of halogens is 2. The van der Waals surface area contributed by atoms with Crippen LogP contribution in [0.15, 0.2) is 36.4 Å². The first-order chi connectivity index (χ1) is 12.3. The molecule has 0 amide bonds. The maximum atomic E-state index is 13.8. The van der Waals surface area contributed by atoms with Gasteiger partial charge in [-0.05, 0) is 47.6 Å². The van der Waals surface area contributed by atoms with Gasteiger partial charge < -0.3 is 10.1 Å². The molecule has 0 aromatic heterocycles. The molecule has 0 aliphatic carbocycles. The van der Waals surface area contributed by atoms with Gasteiger partial charge in [0.25, 0.3) is 0 Å². The van der Waals surface area contributed by atoms with Gasteiger partial charge >= 0.3 is 0 Å². The SMILES string of the molecule is CC(C)(C)c1ccc2c(c1)C1OCCCC1C(c1ccc(F)c(F)c1)N2. The highest BCUT2D eigenvalue weighted by Crippen LogP contribution is 2.49. The van der Waals surface area contributed by atoms with Gasteiger partial charge in [-0.3, -0.25) is 0 Å². The molecule has 2 aromatic rings. The molecule has 138 valence electrons. The van der Waals surface area contributed by atoms with Crippen molar-refractivity contribution in [2.75, 3.05) is 11.9 Å². The Morgan fingerprint density at radius 2 is 1.85 bits per heavy atom. The maximum Gasteiger partial charge on any atom is 0.159 e. The Bertz CT molecular complexity index is 827. The summed E-state index contributed by atoms with van der Waals surface area (Å²) in [4.78, 5) is 0. The second-order valence-corrected chi connectivity index (χ2v) is 8.45. The summed E-state index contributed by atoms with van der Waals surface area (Å²) in [5, 5.41) is 3.57. The molecule has 4 heteroatoms. The van der Waals surface area contributed by atoms with E-state index >= 15 is 0 Å². The summed E-state index contributed by atoms with van der Waals surface area (Å²) in [6.07, 6.45) is 1.97. The number of ether oxygens (including phenoxy) is 1. The third kappa shape index (κ3) is 3.01. The maximum absolute atomic E-state index is 13.8. The van der Waals surface area contributed by atoms with E-state index < -0.39 is 11.6 Å². The van der Waals surface area contributed by atoms with Crippen LogP contribution in [0.4, 0.5) is 14.5 Å². The number of rotatable bonds is 1. The van der Waals surface area contributed by atoms with Crippen LogP contribution in [0.25, 0.3) is 0 Å². The molecule has 0 spiro atoms. The summed E-state index contributed by atoms with van der Waals surface area (Å²) in [5.41, 5.74) is 4.32. The van der Waals surface area contributed by atoms with Gasteiger partial charge in [0, 0.05) is 23.8 Å². The lowest BCUT2D eigenvalue weighted by Crippen LogP contribution is -2.36. The molecule has 2 aliphatic heterocycles. The van der Waals surface area contributed by atoms with Crippen molar-refractivity contribution in [3.05, 3.63) is 64.7 Å². The molecule has 4 rings (SSSR count). The van der Waals surface area contributed by atoms with Crippen LogP contribution in [0, 0.1) is 17.6 Å². The zero-order valence-electron chi connectivity index (χ0n) is 15.5. The van der Waals surface area contributed by atoms with Gasteiger partial charge in [-0.15, -0.1) is 0 Å². The zero-order valence-corrected chi connectivity index (χ0v) is 15.5. The van der Waals surface area contributed by atoms with Crippen LogP contribution in [0.3, 0.4) is 0 Å². The average molecular weight is 357 g/mol. The smallest absolute Gasteiger partial charge is 0.159 e. The molecule has 2 heterocycles. The van der Waals surface area contributed by atoms with Crippen LogP contribution < -0.4 is 5.32 Å². The van der Waals surface area contributed by atoms with E-state index in [0.29, 0.717) is 0 Å². The van der Waals surface area contributed by atoms with Crippen LogP contribution >= 0.6 is 0 Å². The summed E-state index contributed by atoms with van der Waals surface area (Å²) in [6.45, 7) is 7.35. The van der Waals surface area contributed by atoms with Crippen LogP contribution in [0.2, 0.25) is 0 Å². The fourth-order valence-corrected chi connectivity index (χ4v) is 4.17. The lowest BCUT2D eigenvalue weighted by atomic mass is 9.76. The Balaban J connectivity index is 1.77. The first-order valence-corrected chi connectivity index (χ1v) is 9.32. The minimum Gasteiger partial charge on any atom is -0.378 e. The Labute approximate surface area is 153 Å². The van der Waals surface area contributed by atoms with Crippen LogP contribution in [-0.4, -0.2) is 6.61 Å². The van der Waals surface area contributed by atoms with Gasteiger partial charge in [-0.2, -0.15) is 0 Å². The molecule has 1 saturated heterocycles. The topological polar surface area (TPSA) is 21.3 Å². The van der Waals surface area contributed by atoms with Crippen LogP contribution in [-0.2, 0) is 10.2 Å². The van der Waals surface area contributed by atoms with Crippen molar-refractivity contribution in [3.8, 4) is 0 Å². The summed E-state index contributed by atoms with van der Waals surface area (Å²) >= 11 is 0. The average Bonchev–Trinajstić information content (AvgIpc) is 2.62. The van der Waals surface area contributed by atoms with Gasteiger partial charge in [0.05, 0.1) is 12.1 Å². The molecule has 0 bridgehead atoms. The molecule has 26 heavy (non-hydrogen) atoms. The number of hydrogen-bond donors (Lipinski definition) is 1. The number of nitrogens with one attached hydrogen (secondary N) is 1. The first kappa shape index (κ1) is 17.5. The van der Waals surface area contributed by atoms with Crippen molar-refractivity contribution < 1.29 is 13.5 Å². The highest BCUT2D eigenvalue weighted by Gasteiger charge is 2.40. The van der Waals surface area contributed by atoms with Crippen molar-refractivity contribution in [1.82, 2.24) is 0 Å². The van der Waals surface area contributed by atoms with Crippen molar-refractivity contribution in [1.29, 1.82) is 0 Å². The standard InChI is InChI=1S/C22H25F2NO/c1-22(2,3)14-7-9-19-16(12-14)21-15(5-4-10-26-21)20(25-19)13-6-8-17(23)18(24)11-13/h6-9,11-12,15,20-21,25H,4-5,10H2,1-3H3. The van der Waals surface area contributed by atoms with E-state index in [4.69, 9.17) is 4.74 Å². The zero-order chi connectivity index (χ0) is 18.5. The van der Waals surface area contributed by atoms with E-state index in [2.05, 4.69) is 44.3 Å². The van der Waals surface area contributed by atoms with E-state index in [9.17, 15) is 8.78 Å². The Morgan fingerprint density at radius 1 is 1.04 bits per heavy atom. The molecule has 0 saturated carbocycles. The minimum atomic E-state index is -0.809. The summed E-state index contributed by atoms with van der Waals surface area (Å²) < 4.78 is 33.4. The number of hydrogen-bond acceptors (Lipinski definition) is 2. The van der Waals surface area contributed by atoms with Crippen LogP contribution in [0.1, 0.15) is 62.4 Å². The number of anilines is 1. The van der Waals surface area contributed by atoms with Gasteiger partial charge in [0.2, 0.25) is 0 Å². The van der Waals surface area contributed by atoms with E-state index in [1.54, 1.807) is 6.07 Å². The molecule has 0 radical (unpaired) electrons. The molecular formula is C22H25F2NO. The third-order valence-corrected chi connectivity index (χ3v) is 5.63. The van der Waals surface area contributed by atoms with Gasteiger partial charge in [0.1, 0.15) is 0 Å². The van der Waals surface area contributed by atoms with E-state index in [0.717, 1.165) is 30.7 Å². The monoisotopic (exact) mass is 357 g/mol. The molecule has 1 N–H and O–H groups in total. The molecule has 2 nitrogen and oxygen atoms in total. The predicted molar refractivity (Wildman–Crippen MR) is 99.3 cm³/mol. The third-order valence-electron chi connectivity index (χ3n) is 5.63. The normalized spacial score (nSPS) is 25.2. The summed E-state index contributed by atoms with van der Waals surface area (Å²) in [6, 6.07) is 10.6. The largest absolute Gasteiger partial charge is 0.378 e. The van der Waals surface area contributed by atoms with Gasteiger partial charge in [0.15, 0.2) is 11.6 Å². The highest BCUT2D eigenvalue weighted by atomic mass is 19.2. The minimum absolute atomic E-state index is 0.0135. The summed E-state index contributed by atoms with van der Waals surface area (Å²) in [7, 11) is 0. The van der Waals surface area contributed by atoms with Crippen molar-refractivity contribution in [2.24, 2.45) is 5.92 Å². The predicted octanol–water partition coefficient (Wildman–Crippen LogP) is 5.90. The molecular weight excluding hydrogens is 332 g/mol. The lowest BCUT2D eigenvalue weighted by molar-refractivity contribution is -0.0382. The number of fused-ring (bicyclic) bond motifs is 3. The highest BCUT2D eigenvalue weighted by molar-refractivity contribution is 5.59. The molecule has 2 aromatic carbocycles.